The standard InChI is InChI=1S/C23H41N5O3.HI/c1-6-25-21(26-14-8-9-17-30-7-2)27-15-11-16-28(22(29)31-23(3,4)5)19-20-12-10-13-24-18-20;/h10,12-13,18H,6-9,11,14-17,19H2,1-5H3,(H2,25,26,27);1H. The third kappa shape index (κ3) is 15.2. The van der Waals surface area contributed by atoms with E-state index in [1.807, 2.05) is 46.8 Å². The lowest BCUT2D eigenvalue weighted by molar-refractivity contribution is 0.0232. The Hall–Kier alpha value is -1.62. The first-order valence-corrected chi connectivity index (χ1v) is 11.3. The fourth-order valence-corrected chi connectivity index (χ4v) is 2.75. The molecule has 1 heterocycles. The lowest BCUT2D eigenvalue weighted by Gasteiger charge is -2.27. The second-order valence-electron chi connectivity index (χ2n) is 8.21. The van der Waals surface area contributed by atoms with Gasteiger partial charge in [0.05, 0.1) is 6.54 Å². The molecule has 0 saturated heterocycles. The molecule has 32 heavy (non-hydrogen) atoms. The Morgan fingerprint density at radius 1 is 1.19 bits per heavy atom. The normalized spacial score (nSPS) is 11.5. The Morgan fingerprint density at radius 3 is 2.59 bits per heavy atom. The van der Waals surface area contributed by atoms with Gasteiger partial charge in [0.15, 0.2) is 5.96 Å². The molecule has 0 bridgehead atoms. The second kappa shape index (κ2) is 17.9. The van der Waals surface area contributed by atoms with Crippen LogP contribution in [0.5, 0.6) is 0 Å². The fraction of sp³-hybridized carbons (Fsp3) is 0.696. The van der Waals surface area contributed by atoms with Crippen molar-refractivity contribution in [3.05, 3.63) is 30.1 Å². The maximum Gasteiger partial charge on any atom is 0.410 e. The number of carbonyl (C=O) groups is 1. The molecule has 0 spiro atoms. The first-order chi connectivity index (χ1) is 14.9. The van der Waals surface area contributed by atoms with Gasteiger partial charge in [0.25, 0.3) is 0 Å². The summed E-state index contributed by atoms with van der Waals surface area (Å²) >= 11 is 0. The molecule has 1 amide bonds. The molecule has 0 aliphatic rings. The van der Waals surface area contributed by atoms with Gasteiger partial charge in [0.1, 0.15) is 5.60 Å². The Balaban J connectivity index is 0.00000961. The largest absolute Gasteiger partial charge is 0.444 e. The van der Waals surface area contributed by atoms with Gasteiger partial charge >= 0.3 is 6.09 Å². The minimum atomic E-state index is -0.535. The van der Waals surface area contributed by atoms with Crippen molar-refractivity contribution in [1.82, 2.24) is 20.5 Å². The third-order valence-corrected chi connectivity index (χ3v) is 4.16. The number of rotatable bonds is 13. The molecule has 0 unspecified atom stereocenters. The number of aliphatic imine (C=N–C) groups is 1. The maximum absolute atomic E-state index is 12.7. The lowest BCUT2D eigenvalue weighted by Crippen LogP contribution is -2.38. The van der Waals surface area contributed by atoms with E-state index in [2.05, 4.69) is 20.6 Å². The van der Waals surface area contributed by atoms with E-state index >= 15 is 0 Å². The predicted octanol–water partition coefficient (Wildman–Crippen LogP) is 4.20. The molecule has 1 aromatic heterocycles. The Morgan fingerprint density at radius 2 is 1.97 bits per heavy atom. The summed E-state index contributed by atoms with van der Waals surface area (Å²) < 4.78 is 10.9. The van der Waals surface area contributed by atoms with E-state index in [1.54, 1.807) is 17.3 Å². The minimum Gasteiger partial charge on any atom is -0.444 e. The fourth-order valence-electron chi connectivity index (χ4n) is 2.75. The smallest absolute Gasteiger partial charge is 0.410 e. The van der Waals surface area contributed by atoms with E-state index < -0.39 is 5.60 Å². The van der Waals surface area contributed by atoms with Crippen molar-refractivity contribution in [1.29, 1.82) is 0 Å². The van der Waals surface area contributed by atoms with Crippen LogP contribution in [0.15, 0.2) is 29.5 Å². The summed E-state index contributed by atoms with van der Waals surface area (Å²) in [5.41, 5.74) is 0.436. The Labute approximate surface area is 211 Å². The van der Waals surface area contributed by atoms with Gasteiger partial charge in [-0.2, -0.15) is 0 Å². The SMILES string of the molecule is CCNC(=NCCCN(Cc1cccnc1)C(=O)OC(C)(C)C)NCCCCOCC.I. The average molecular weight is 564 g/mol. The van der Waals surface area contributed by atoms with E-state index in [4.69, 9.17) is 9.47 Å². The molecule has 0 radical (unpaired) electrons. The van der Waals surface area contributed by atoms with Crippen LogP contribution in [0.2, 0.25) is 0 Å². The van der Waals surface area contributed by atoms with Crippen LogP contribution in [0, 0.1) is 0 Å². The summed E-state index contributed by atoms with van der Waals surface area (Å²) in [7, 11) is 0. The number of nitrogens with one attached hydrogen (secondary N) is 2. The molecule has 0 aliphatic heterocycles. The Bertz CT molecular complexity index is 638. The van der Waals surface area contributed by atoms with E-state index in [0.717, 1.165) is 57.1 Å². The van der Waals surface area contributed by atoms with Crippen molar-refractivity contribution in [2.45, 2.75) is 66.0 Å². The minimum absolute atomic E-state index is 0. The van der Waals surface area contributed by atoms with Gasteiger partial charge in [-0.1, -0.05) is 6.07 Å². The van der Waals surface area contributed by atoms with Gasteiger partial charge < -0.3 is 25.0 Å². The maximum atomic E-state index is 12.7. The third-order valence-electron chi connectivity index (χ3n) is 4.16. The van der Waals surface area contributed by atoms with E-state index in [1.165, 1.54) is 0 Å². The number of halogens is 1. The highest BCUT2D eigenvalue weighted by Gasteiger charge is 2.22. The van der Waals surface area contributed by atoms with Crippen molar-refractivity contribution in [2.75, 3.05) is 39.4 Å². The molecule has 0 atom stereocenters. The van der Waals surface area contributed by atoms with Crippen molar-refractivity contribution >= 4 is 36.0 Å². The number of carbonyl (C=O) groups excluding carboxylic acids is 1. The number of hydrogen-bond acceptors (Lipinski definition) is 5. The molecule has 0 aromatic carbocycles. The van der Waals surface area contributed by atoms with Crippen molar-refractivity contribution in [2.24, 2.45) is 4.99 Å². The van der Waals surface area contributed by atoms with E-state index in [9.17, 15) is 4.79 Å². The first-order valence-electron chi connectivity index (χ1n) is 11.3. The molecule has 0 aliphatic carbocycles. The first kappa shape index (κ1) is 30.4. The molecular weight excluding hydrogens is 521 g/mol. The van der Waals surface area contributed by atoms with Gasteiger partial charge in [0, 0.05) is 51.8 Å². The number of aromatic nitrogens is 1. The number of pyridine rings is 1. The summed E-state index contributed by atoms with van der Waals surface area (Å²) in [6.07, 6.45) is 5.97. The highest BCUT2D eigenvalue weighted by Crippen LogP contribution is 2.13. The summed E-state index contributed by atoms with van der Waals surface area (Å²) in [5, 5.41) is 6.61. The topological polar surface area (TPSA) is 88.1 Å². The van der Waals surface area contributed by atoms with Crippen molar-refractivity contribution < 1.29 is 14.3 Å². The number of guanidine groups is 1. The summed E-state index contributed by atoms with van der Waals surface area (Å²) in [5.74, 6) is 0.801. The van der Waals surface area contributed by atoms with Gasteiger partial charge in [-0.3, -0.25) is 9.98 Å². The zero-order chi connectivity index (χ0) is 23.0. The molecule has 0 fully saturated rings. The summed E-state index contributed by atoms with van der Waals surface area (Å²) in [4.78, 5) is 23.1. The molecule has 1 aromatic rings. The van der Waals surface area contributed by atoms with Crippen molar-refractivity contribution in [3.8, 4) is 0 Å². The zero-order valence-corrected chi connectivity index (χ0v) is 22.7. The highest BCUT2D eigenvalue weighted by molar-refractivity contribution is 14.0. The lowest BCUT2D eigenvalue weighted by atomic mass is 10.2. The van der Waals surface area contributed by atoms with Gasteiger partial charge in [-0.25, -0.2) is 4.79 Å². The molecule has 2 N–H and O–H groups in total. The van der Waals surface area contributed by atoms with Gasteiger partial charge in [0.2, 0.25) is 0 Å². The van der Waals surface area contributed by atoms with Gasteiger partial charge in [-0.15, -0.1) is 24.0 Å². The number of nitrogens with zero attached hydrogens (tertiary/aromatic N) is 3. The summed E-state index contributed by atoms with van der Waals surface area (Å²) in [6, 6.07) is 3.83. The molecule has 9 heteroatoms. The molecule has 1 rings (SSSR count). The predicted molar refractivity (Wildman–Crippen MR) is 141 cm³/mol. The van der Waals surface area contributed by atoms with Crippen LogP contribution in [0.3, 0.4) is 0 Å². The van der Waals surface area contributed by atoms with Crippen LogP contribution < -0.4 is 10.6 Å². The second-order valence-corrected chi connectivity index (χ2v) is 8.21. The quantitative estimate of drug-likeness (QED) is 0.162. The van der Waals surface area contributed by atoms with Crippen LogP contribution in [0.1, 0.15) is 59.4 Å². The van der Waals surface area contributed by atoms with Gasteiger partial charge in [-0.05, 0) is 65.5 Å². The number of unbranched alkanes of at least 4 members (excludes halogenated alkanes) is 1. The molecule has 0 saturated carbocycles. The monoisotopic (exact) mass is 563 g/mol. The highest BCUT2D eigenvalue weighted by atomic mass is 127. The summed E-state index contributed by atoms with van der Waals surface area (Å²) in [6.45, 7) is 14.5. The van der Waals surface area contributed by atoms with Crippen molar-refractivity contribution in [3.63, 3.8) is 0 Å². The van der Waals surface area contributed by atoms with Crippen LogP contribution >= 0.6 is 24.0 Å². The Kier molecular flexibility index (Phi) is 17.0. The molecule has 184 valence electrons. The molecule has 8 nitrogen and oxygen atoms in total. The van der Waals surface area contributed by atoms with Crippen LogP contribution in [-0.4, -0.2) is 66.9 Å². The number of ether oxygens (including phenoxy) is 2. The van der Waals surface area contributed by atoms with Crippen LogP contribution in [-0.2, 0) is 16.0 Å². The number of amides is 1. The van der Waals surface area contributed by atoms with Crippen LogP contribution in [0.4, 0.5) is 4.79 Å². The van der Waals surface area contributed by atoms with Crippen LogP contribution in [0.25, 0.3) is 0 Å². The molecular formula is C23H42IN5O3. The van der Waals surface area contributed by atoms with E-state index in [0.29, 0.717) is 19.6 Å². The zero-order valence-electron chi connectivity index (χ0n) is 20.4. The number of hydrogen-bond donors (Lipinski definition) is 2. The average Bonchev–Trinajstić information content (AvgIpc) is 2.72. The van der Waals surface area contributed by atoms with E-state index in [-0.39, 0.29) is 30.1 Å².